The van der Waals surface area contributed by atoms with E-state index < -0.39 is 0 Å². The predicted molar refractivity (Wildman–Crippen MR) is 86.9 cm³/mol. The molecule has 0 aliphatic carbocycles. The molecule has 2 aromatic rings. The van der Waals surface area contributed by atoms with E-state index in [1.807, 2.05) is 18.2 Å². The van der Waals surface area contributed by atoms with E-state index in [9.17, 15) is 0 Å². The second-order valence-corrected chi connectivity index (χ2v) is 5.66. The van der Waals surface area contributed by atoms with Crippen molar-refractivity contribution in [2.75, 3.05) is 0 Å². The van der Waals surface area contributed by atoms with E-state index in [1.165, 1.54) is 11.1 Å². The molecular formula is C16H21ClSi. The number of hydrogen-bond acceptors (Lipinski definition) is 0. The Morgan fingerprint density at radius 3 is 2.00 bits per heavy atom. The molecule has 0 heterocycles. The molecule has 0 N–H and O–H groups in total. The maximum absolute atomic E-state index is 6.53. The fraction of sp³-hybridized carbons (Fsp3) is 0.250. The van der Waals surface area contributed by atoms with Crippen molar-refractivity contribution in [1.29, 1.82) is 0 Å². The third kappa shape index (κ3) is 3.04. The summed E-state index contributed by atoms with van der Waals surface area (Å²) in [5, 5.41) is 0.867. The highest BCUT2D eigenvalue weighted by Crippen LogP contribution is 2.36. The topological polar surface area (TPSA) is 0 Å². The fourth-order valence-corrected chi connectivity index (χ4v) is 2.47. The molecule has 0 saturated heterocycles. The summed E-state index contributed by atoms with van der Waals surface area (Å²) in [5.74, 6) is 0. The van der Waals surface area contributed by atoms with Crippen molar-refractivity contribution in [3.05, 3.63) is 59.1 Å². The Kier molecular flexibility index (Phi) is 4.77. The summed E-state index contributed by atoms with van der Waals surface area (Å²) in [7, 11) is 0. The Bertz CT molecular complexity index is 512. The van der Waals surface area contributed by atoms with E-state index in [-0.39, 0.29) is 16.4 Å². The lowest BCUT2D eigenvalue weighted by molar-refractivity contribution is 0.591. The summed E-state index contributed by atoms with van der Waals surface area (Å²) in [6, 6.07) is 16.5. The van der Waals surface area contributed by atoms with Gasteiger partial charge in [0.05, 0.1) is 5.02 Å². The molecule has 0 atom stereocenters. The van der Waals surface area contributed by atoms with Crippen molar-refractivity contribution in [3.63, 3.8) is 0 Å². The first kappa shape index (κ1) is 15.0. The molecule has 2 heteroatoms. The Morgan fingerprint density at radius 2 is 1.44 bits per heavy atom. The van der Waals surface area contributed by atoms with E-state index in [0.29, 0.717) is 0 Å². The molecule has 0 amide bonds. The van der Waals surface area contributed by atoms with Gasteiger partial charge in [-0.1, -0.05) is 80.9 Å². The van der Waals surface area contributed by atoms with E-state index in [2.05, 4.69) is 51.1 Å². The Morgan fingerprint density at radius 1 is 0.833 bits per heavy atom. The van der Waals surface area contributed by atoms with E-state index >= 15 is 0 Å². The van der Waals surface area contributed by atoms with Crippen LogP contribution in [-0.2, 0) is 5.41 Å². The van der Waals surface area contributed by atoms with Crippen molar-refractivity contribution in [2.24, 2.45) is 0 Å². The van der Waals surface area contributed by atoms with Gasteiger partial charge in [-0.15, -0.1) is 0 Å². The molecule has 0 nitrogen and oxygen atoms in total. The minimum atomic E-state index is 0. The fourth-order valence-electron chi connectivity index (χ4n) is 1.95. The lowest BCUT2D eigenvalue weighted by Gasteiger charge is -2.22. The average Bonchev–Trinajstić information content (AvgIpc) is 2.29. The Labute approximate surface area is 119 Å². The first-order valence-electron chi connectivity index (χ1n) is 5.84. The predicted octanol–water partition coefficient (Wildman–Crippen LogP) is 3.85. The molecule has 0 spiro atoms. The van der Waals surface area contributed by atoms with Gasteiger partial charge in [0.2, 0.25) is 0 Å². The highest BCUT2D eigenvalue weighted by atomic mass is 35.5. The molecule has 0 aliphatic heterocycles. The van der Waals surface area contributed by atoms with Gasteiger partial charge in [0.15, 0.2) is 0 Å². The molecule has 2 rings (SSSR count). The first-order valence-corrected chi connectivity index (χ1v) is 6.22. The summed E-state index contributed by atoms with van der Waals surface area (Å²) in [6.45, 7) is 6.55. The molecule has 96 valence electrons. The van der Waals surface area contributed by atoms with Crippen LogP contribution in [0.4, 0.5) is 0 Å². The van der Waals surface area contributed by atoms with Crippen LogP contribution < -0.4 is 0 Å². The minimum absolute atomic E-state index is 0. The zero-order chi connectivity index (χ0) is 12.5. The average molecular weight is 277 g/mol. The van der Waals surface area contributed by atoms with E-state index in [1.54, 1.807) is 0 Å². The Balaban J connectivity index is 0.00000162. The van der Waals surface area contributed by atoms with Gasteiger partial charge in [-0.05, 0) is 27.5 Å². The third-order valence-corrected chi connectivity index (χ3v) is 3.30. The quantitative estimate of drug-likeness (QED) is 0.694. The lowest BCUT2D eigenvalue weighted by Crippen LogP contribution is -2.11. The third-order valence-electron chi connectivity index (χ3n) is 2.89. The Hall–Kier alpha value is -1.05. The van der Waals surface area contributed by atoms with Gasteiger partial charge in [0.25, 0.3) is 0 Å². The second kappa shape index (κ2) is 5.72. The molecule has 0 bridgehead atoms. The second-order valence-electron chi connectivity index (χ2n) is 5.28. The normalized spacial score (nSPS) is 10.9. The lowest BCUT2D eigenvalue weighted by atomic mass is 9.85. The smallest absolute Gasteiger partial charge is 0.0521 e. The van der Waals surface area contributed by atoms with Gasteiger partial charge in [-0.25, -0.2) is 0 Å². The summed E-state index contributed by atoms with van der Waals surface area (Å²) in [5.41, 5.74) is 3.55. The molecule has 0 aliphatic rings. The largest absolute Gasteiger partial charge is 0.0833 e. The van der Waals surface area contributed by atoms with Gasteiger partial charge in [0.1, 0.15) is 0 Å². The minimum Gasteiger partial charge on any atom is -0.0833 e. The van der Waals surface area contributed by atoms with Crippen LogP contribution in [0.5, 0.6) is 0 Å². The number of benzene rings is 2. The summed E-state index contributed by atoms with van der Waals surface area (Å²) >= 11 is 6.53. The maximum Gasteiger partial charge on any atom is 0.0521 e. The molecular weight excluding hydrogens is 256 g/mol. The van der Waals surface area contributed by atoms with Crippen molar-refractivity contribution >= 4 is 22.6 Å². The first-order chi connectivity index (χ1) is 8.00. The van der Waals surface area contributed by atoms with Crippen LogP contribution in [0.15, 0.2) is 48.5 Å². The molecule has 18 heavy (non-hydrogen) atoms. The SMILES string of the molecule is CC(C)(C)c1cccc(-c2ccccc2)c1Cl.[SiH4]. The zero-order valence-corrected chi connectivity index (χ0v) is 11.3. The highest BCUT2D eigenvalue weighted by molar-refractivity contribution is 6.34. The van der Waals surface area contributed by atoms with Gasteiger partial charge in [-0.2, -0.15) is 0 Å². The van der Waals surface area contributed by atoms with E-state index in [0.717, 1.165) is 10.6 Å². The zero-order valence-electron chi connectivity index (χ0n) is 10.5. The van der Waals surface area contributed by atoms with Crippen molar-refractivity contribution in [1.82, 2.24) is 0 Å². The number of hydrogen-bond donors (Lipinski definition) is 0. The molecule has 0 radical (unpaired) electrons. The van der Waals surface area contributed by atoms with Gasteiger partial charge in [0, 0.05) is 5.56 Å². The van der Waals surface area contributed by atoms with Crippen LogP contribution in [0.1, 0.15) is 26.3 Å². The van der Waals surface area contributed by atoms with Crippen LogP contribution in [0, 0.1) is 0 Å². The molecule has 0 fully saturated rings. The van der Waals surface area contributed by atoms with Crippen molar-refractivity contribution in [2.45, 2.75) is 26.2 Å². The monoisotopic (exact) mass is 276 g/mol. The van der Waals surface area contributed by atoms with Crippen LogP contribution in [0.2, 0.25) is 5.02 Å². The summed E-state index contributed by atoms with van der Waals surface area (Å²) < 4.78 is 0. The molecule has 0 unspecified atom stereocenters. The van der Waals surface area contributed by atoms with Gasteiger partial charge >= 0.3 is 0 Å². The van der Waals surface area contributed by atoms with Crippen molar-refractivity contribution < 1.29 is 0 Å². The van der Waals surface area contributed by atoms with Crippen molar-refractivity contribution in [3.8, 4) is 11.1 Å². The van der Waals surface area contributed by atoms with Crippen LogP contribution >= 0.6 is 11.6 Å². The molecule has 2 aromatic carbocycles. The highest BCUT2D eigenvalue weighted by Gasteiger charge is 2.19. The van der Waals surface area contributed by atoms with Crippen LogP contribution in [0.25, 0.3) is 11.1 Å². The van der Waals surface area contributed by atoms with Crippen LogP contribution in [0.3, 0.4) is 0 Å². The number of halogens is 1. The maximum atomic E-state index is 6.53. The van der Waals surface area contributed by atoms with E-state index in [4.69, 9.17) is 11.6 Å². The molecule has 0 aromatic heterocycles. The number of rotatable bonds is 1. The van der Waals surface area contributed by atoms with Crippen LogP contribution in [-0.4, -0.2) is 11.0 Å². The van der Waals surface area contributed by atoms with Gasteiger partial charge in [-0.3, -0.25) is 0 Å². The standard InChI is InChI=1S/C16H17Cl.H4Si/c1-16(2,3)14-11-7-10-13(15(14)17)12-8-5-4-6-9-12;/h4-11H,1-3H3;1H4. The summed E-state index contributed by atoms with van der Waals surface area (Å²) in [6.07, 6.45) is 0. The summed E-state index contributed by atoms with van der Waals surface area (Å²) in [4.78, 5) is 0. The van der Waals surface area contributed by atoms with Gasteiger partial charge < -0.3 is 0 Å². The molecule has 0 saturated carbocycles.